The molecule has 4 heteroatoms. The van der Waals surface area contributed by atoms with E-state index in [2.05, 4.69) is 10.2 Å². The number of nitrogens with zero attached hydrogens (tertiary/aromatic N) is 1. The molecule has 0 saturated carbocycles. The van der Waals surface area contributed by atoms with E-state index in [4.69, 9.17) is 4.74 Å². The van der Waals surface area contributed by atoms with Gasteiger partial charge in [-0.05, 0) is 45.3 Å². The molecule has 2 aliphatic heterocycles. The summed E-state index contributed by atoms with van der Waals surface area (Å²) < 4.78 is 4.85. The van der Waals surface area contributed by atoms with Crippen LogP contribution < -0.4 is 5.32 Å². The quantitative estimate of drug-likeness (QED) is 0.701. The van der Waals surface area contributed by atoms with Crippen molar-refractivity contribution in [1.29, 1.82) is 0 Å². The number of methoxy groups -OCH3 is 1. The van der Waals surface area contributed by atoms with E-state index in [0.717, 1.165) is 39.0 Å². The van der Waals surface area contributed by atoms with Crippen molar-refractivity contribution >= 4 is 5.97 Å². The van der Waals surface area contributed by atoms with Crippen LogP contribution in [-0.2, 0) is 9.53 Å². The molecule has 0 spiro atoms. The minimum absolute atomic E-state index is 0.0290. The summed E-state index contributed by atoms with van der Waals surface area (Å²) in [6, 6.07) is 0.675. The summed E-state index contributed by atoms with van der Waals surface area (Å²) in [4.78, 5) is 14.0. The molecule has 4 nitrogen and oxygen atoms in total. The number of carbonyl (C=O) groups excluding carboxylic acids is 1. The maximum Gasteiger partial charge on any atom is 0.309 e. The Balaban J connectivity index is 1.87. The number of piperidine rings is 2. The number of nitrogens with one attached hydrogen (secondary N) is 1. The van der Waals surface area contributed by atoms with Gasteiger partial charge >= 0.3 is 5.97 Å². The highest BCUT2D eigenvalue weighted by Gasteiger charge is 2.30. The lowest BCUT2D eigenvalue weighted by Gasteiger charge is -2.39. The van der Waals surface area contributed by atoms with Crippen LogP contribution in [0.15, 0.2) is 0 Å². The van der Waals surface area contributed by atoms with Crippen LogP contribution in [0.2, 0.25) is 0 Å². The third kappa shape index (κ3) is 2.74. The van der Waals surface area contributed by atoms with Gasteiger partial charge in [-0.3, -0.25) is 9.69 Å². The van der Waals surface area contributed by atoms with Crippen molar-refractivity contribution in [1.82, 2.24) is 10.2 Å². The Kier molecular flexibility index (Phi) is 4.18. The van der Waals surface area contributed by atoms with E-state index in [-0.39, 0.29) is 11.9 Å². The first-order valence-corrected chi connectivity index (χ1v) is 6.34. The Hall–Kier alpha value is -0.610. The number of rotatable bonds is 2. The summed E-state index contributed by atoms with van der Waals surface area (Å²) in [5.41, 5.74) is 0. The Labute approximate surface area is 97.3 Å². The highest BCUT2D eigenvalue weighted by Crippen LogP contribution is 2.22. The lowest BCUT2D eigenvalue weighted by atomic mass is 9.94. The van der Waals surface area contributed by atoms with Crippen molar-refractivity contribution in [2.75, 3.05) is 33.3 Å². The summed E-state index contributed by atoms with van der Waals surface area (Å²) in [6.07, 6.45) is 4.56. The van der Waals surface area contributed by atoms with Crippen LogP contribution in [0.4, 0.5) is 0 Å². The highest BCUT2D eigenvalue weighted by atomic mass is 16.5. The Bertz CT molecular complexity index is 239. The van der Waals surface area contributed by atoms with E-state index < -0.39 is 0 Å². The van der Waals surface area contributed by atoms with Gasteiger partial charge in [0.2, 0.25) is 0 Å². The number of ether oxygens (including phenoxy) is 1. The molecule has 0 amide bonds. The smallest absolute Gasteiger partial charge is 0.309 e. The Morgan fingerprint density at radius 1 is 1.31 bits per heavy atom. The molecule has 0 radical (unpaired) electrons. The monoisotopic (exact) mass is 226 g/mol. The molecule has 2 rings (SSSR count). The molecular formula is C12H22N2O2. The van der Waals surface area contributed by atoms with Gasteiger partial charge in [0.25, 0.3) is 0 Å². The average molecular weight is 226 g/mol. The van der Waals surface area contributed by atoms with Crippen LogP contribution in [0, 0.1) is 5.92 Å². The van der Waals surface area contributed by atoms with Gasteiger partial charge in [-0.25, -0.2) is 0 Å². The maximum atomic E-state index is 11.5. The van der Waals surface area contributed by atoms with Gasteiger partial charge in [-0.1, -0.05) is 0 Å². The summed E-state index contributed by atoms with van der Waals surface area (Å²) in [5.74, 6) is 0.0762. The molecule has 1 N–H and O–H groups in total. The van der Waals surface area contributed by atoms with E-state index >= 15 is 0 Å². The van der Waals surface area contributed by atoms with Crippen LogP contribution in [0.3, 0.4) is 0 Å². The molecule has 0 bridgehead atoms. The fourth-order valence-electron chi connectivity index (χ4n) is 2.87. The second-order valence-electron chi connectivity index (χ2n) is 4.84. The number of likely N-dealkylation sites (tertiary alicyclic amines) is 1. The molecule has 0 aromatic heterocycles. The maximum absolute atomic E-state index is 11.5. The third-order valence-corrected chi connectivity index (χ3v) is 3.81. The van der Waals surface area contributed by atoms with Crippen LogP contribution in [-0.4, -0.2) is 50.2 Å². The van der Waals surface area contributed by atoms with Gasteiger partial charge in [0.15, 0.2) is 0 Å². The first-order valence-electron chi connectivity index (χ1n) is 6.34. The second kappa shape index (κ2) is 5.64. The van der Waals surface area contributed by atoms with Crippen LogP contribution in [0.25, 0.3) is 0 Å². The molecule has 2 heterocycles. The predicted molar refractivity (Wildman–Crippen MR) is 62.2 cm³/mol. The molecule has 0 aliphatic carbocycles. The van der Waals surface area contributed by atoms with E-state index in [9.17, 15) is 4.79 Å². The van der Waals surface area contributed by atoms with Crippen molar-refractivity contribution in [2.45, 2.75) is 31.7 Å². The van der Waals surface area contributed by atoms with Gasteiger partial charge < -0.3 is 10.1 Å². The number of hydrogen-bond donors (Lipinski definition) is 1. The van der Waals surface area contributed by atoms with Crippen LogP contribution in [0.5, 0.6) is 0 Å². The van der Waals surface area contributed by atoms with E-state index in [0.29, 0.717) is 6.04 Å². The molecule has 16 heavy (non-hydrogen) atoms. The van der Waals surface area contributed by atoms with Gasteiger partial charge in [0.1, 0.15) is 0 Å². The Morgan fingerprint density at radius 3 is 2.75 bits per heavy atom. The first-order chi connectivity index (χ1) is 7.81. The normalized spacial score (nSPS) is 28.9. The van der Waals surface area contributed by atoms with E-state index in [1.165, 1.54) is 20.0 Å². The molecule has 2 saturated heterocycles. The van der Waals surface area contributed by atoms with Crippen molar-refractivity contribution in [3.05, 3.63) is 0 Å². The molecule has 1 atom stereocenters. The lowest BCUT2D eigenvalue weighted by molar-refractivity contribution is -0.147. The zero-order valence-electron chi connectivity index (χ0n) is 10.1. The van der Waals surface area contributed by atoms with Gasteiger partial charge in [-0.2, -0.15) is 0 Å². The van der Waals surface area contributed by atoms with Crippen molar-refractivity contribution in [2.24, 2.45) is 5.92 Å². The number of esters is 1. The fourth-order valence-corrected chi connectivity index (χ4v) is 2.87. The molecule has 0 aromatic rings. The predicted octanol–water partition coefficient (Wildman–Crippen LogP) is 0.623. The third-order valence-electron chi connectivity index (χ3n) is 3.81. The van der Waals surface area contributed by atoms with Crippen LogP contribution >= 0.6 is 0 Å². The minimum atomic E-state index is -0.0290. The fraction of sp³-hybridized carbons (Fsp3) is 0.917. The van der Waals surface area contributed by atoms with Crippen molar-refractivity contribution < 1.29 is 9.53 Å². The number of hydrogen-bond acceptors (Lipinski definition) is 4. The summed E-state index contributed by atoms with van der Waals surface area (Å²) in [7, 11) is 1.49. The number of carbonyl (C=O) groups is 1. The molecule has 0 aromatic carbocycles. The molecule has 92 valence electrons. The highest BCUT2D eigenvalue weighted by molar-refractivity contribution is 5.72. The zero-order chi connectivity index (χ0) is 11.4. The summed E-state index contributed by atoms with van der Waals surface area (Å²) in [6.45, 7) is 4.28. The first kappa shape index (κ1) is 11.9. The molecular weight excluding hydrogens is 204 g/mol. The largest absolute Gasteiger partial charge is 0.469 e. The minimum Gasteiger partial charge on any atom is -0.469 e. The zero-order valence-corrected chi connectivity index (χ0v) is 10.1. The van der Waals surface area contributed by atoms with Gasteiger partial charge in [0, 0.05) is 12.6 Å². The molecule has 2 fully saturated rings. The van der Waals surface area contributed by atoms with Crippen LogP contribution in [0.1, 0.15) is 25.7 Å². The molecule has 0 unspecified atom stereocenters. The summed E-state index contributed by atoms with van der Waals surface area (Å²) >= 11 is 0. The van der Waals surface area contributed by atoms with Gasteiger partial charge in [-0.15, -0.1) is 0 Å². The average Bonchev–Trinajstić information content (AvgIpc) is 2.39. The SMILES string of the molecule is COC(=O)[C@@H]1CCCN(C2CCNCC2)C1. The van der Waals surface area contributed by atoms with E-state index in [1.54, 1.807) is 0 Å². The van der Waals surface area contributed by atoms with E-state index in [1.807, 2.05) is 0 Å². The summed E-state index contributed by atoms with van der Waals surface area (Å²) in [5, 5.41) is 3.38. The Morgan fingerprint density at radius 2 is 2.06 bits per heavy atom. The van der Waals surface area contributed by atoms with Crippen molar-refractivity contribution in [3.8, 4) is 0 Å². The second-order valence-corrected chi connectivity index (χ2v) is 4.84. The topological polar surface area (TPSA) is 41.6 Å². The molecule has 2 aliphatic rings. The standard InChI is InChI=1S/C12H22N2O2/c1-16-12(15)10-3-2-8-14(9-10)11-4-6-13-7-5-11/h10-11,13H,2-9H2,1H3/t10-/m1/s1. The van der Waals surface area contributed by atoms with Gasteiger partial charge in [0.05, 0.1) is 13.0 Å². The lowest BCUT2D eigenvalue weighted by Crippen LogP contribution is -2.48. The van der Waals surface area contributed by atoms with Crippen molar-refractivity contribution in [3.63, 3.8) is 0 Å².